The monoisotopic (exact) mass is 293 g/mol. The molecule has 2 aromatic rings. The van der Waals surface area contributed by atoms with Crippen LogP contribution in [0.5, 0.6) is 0 Å². The Morgan fingerprint density at radius 1 is 1.32 bits per heavy atom. The van der Waals surface area contributed by atoms with Gasteiger partial charge in [0.05, 0.1) is 17.0 Å². The fourth-order valence-electron chi connectivity index (χ4n) is 2.58. The Labute approximate surface area is 122 Å². The smallest absolute Gasteiger partial charge is 0.0982 e. The SMILES string of the molecule is NC(Cc1ccc(Cl)s1)C1OCCc2ccccc21. The number of halogens is 1. The first-order chi connectivity index (χ1) is 9.24. The van der Waals surface area contributed by atoms with Gasteiger partial charge in [-0.25, -0.2) is 0 Å². The molecule has 0 saturated carbocycles. The second-order valence-corrected chi connectivity index (χ2v) is 6.61. The van der Waals surface area contributed by atoms with Crippen LogP contribution in [0.15, 0.2) is 36.4 Å². The van der Waals surface area contributed by atoms with Gasteiger partial charge < -0.3 is 10.5 Å². The summed E-state index contributed by atoms with van der Waals surface area (Å²) in [6.07, 6.45) is 1.77. The van der Waals surface area contributed by atoms with Gasteiger partial charge in [-0.05, 0) is 36.1 Å². The predicted octanol–water partition coefficient (Wildman–Crippen LogP) is 3.59. The number of fused-ring (bicyclic) bond motifs is 1. The summed E-state index contributed by atoms with van der Waals surface area (Å²) in [5.41, 5.74) is 8.94. The average molecular weight is 294 g/mol. The zero-order valence-corrected chi connectivity index (χ0v) is 12.1. The van der Waals surface area contributed by atoms with Crippen molar-refractivity contribution in [2.75, 3.05) is 6.61 Å². The minimum atomic E-state index is -0.0313. The Morgan fingerprint density at radius 2 is 2.16 bits per heavy atom. The molecule has 100 valence electrons. The zero-order valence-electron chi connectivity index (χ0n) is 10.5. The van der Waals surface area contributed by atoms with E-state index in [0.717, 1.165) is 23.8 Å². The first-order valence-electron chi connectivity index (χ1n) is 6.43. The minimum absolute atomic E-state index is 0.00849. The molecule has 0 fully saturated rings. The number of hydrogen-bond donors (Lipinski definition) is 1. The van der Waals surface area contributed by atoms with Crippen LogP contribution in [0.2, 0.25) is 4.34 Å². The van der Waals surface area contributed by atoms with Crippen molar-refractivity contribution < 1.29 is 4.74 Å². The lowest BCUT2D eigenvalue weighted by Gasteiger charge is -2.30. The molecule has 0 spiro atoms. The fourth-order valence-corrected chi connectivity index (χ4v) is 3.74. The third-order valence-electron chi connectivity index (χ3n) is 3.49. The molecule has 0 bridgehead atoms. The molecule has 2 nitrogen and oxygen atoms in total. The Hall–Kier alpha value is -0.870. The Kier molecular flexibility index (Phi) is 3.89. The third-order valence-corrected chi connectivity index (χ3v) is 4.74. The van der Waals surface area contributed by atoms with E-state index in [1.54, 1.807) is 11.3 Å². The molecule has 0 amide bonds. The van der Waals surface area contributed by atoms with Crippen LogP contribution in [0.3, 0.4) is 0 Å². The molecule has 4 heteroatoms. The lowest BCUT2D eigenvalue weighted by Crippen LogP contribution is -2.35. The Balaban J connectivity index is 1.79. The highest BCUT2D eigenvalue weighted by atomic mass is 35.5. The summed E-state index contributed by atoms with van der Waals surface area (Å²) < 4.78 is 6.70. The van der Waals surface area contributed by atoms with Crippen molar-refractivity contribution in [3.63, 3.8) is 0 Å². The van der Waals surface area contributed by atoms with E-state index in [-0.39, 0.29) is 12.1 Å². The largest absolute Gasteiger partial charge is 0.372 e. The van der Waals surface area contributed by atoms with Gasteiger partial charge in [-0.1, -0.05) is 35.9 Å². The van der Waals surface area contributed by atoms with Crippen LogP contribution in [0.1, 0.15) is 22.1 Å². The maximum atomic E-state index is 6.34. The Morgan fingerprint density at radius 3 is 2.95 bits per heavy atom. The van der Waals surface area contributed by atoms with Crippen LogP contribution in [0.4, 0.5) is 0 Å². The van der Waals surface area contributed by atoms with Crippen molar-refractivity contribution in [3.05, 3.63) is 56.7 Å². The fraction of sp³-hybridized carbons (Fsp3) is 0.333. The molecular formula is C15H16ClNOS. The molecule has 2 unspecified atom stereocenters. The van der Waals surface area contributed by atoms with E-state index >= 15 is 0 Å². The molecule has 1 aromatic heterocycles. The lowest BCUT2D eigenvalue weighted by molar-refractivity contribution is 0.0248. The van der Waals surface area contributed by atoms with E-state index in [2.05, 4.69) is 24.3 Å². The van der Waals surface area contributed by atoms with Crippen molar-refractivity contribution in [1.82, 2.24) is 0 Å². The second kappa shape index (κ2) is 5.63. The molecule has 0 aliphatic carbocycles. The van der Waals surface area contributed by atoms with E-state index in [0.29, 0.717) is 0 Å². The quantitative estimate of drug-likeness (QED) is 0.939. The molecule has 1 aromatic carbocycles. The van der Waals surface area contributed by atoms with Gasteiger partial charge in [0.15, 0.2) is 0 Å². The summed E-state index contributed by atoms with van der Waals surface area (Å²) >= 11 is 7.55. The van der Waals surface area contributed by atoms with Crippen molar-refractivity contribution in [2.45, 2.75) is 25.0 Å². The van der Waals surface area contributed by atoms with E-state index in [1.165, 1.54) is 16.0 Å². The van der Waals surface area contributed by atoms with Crippen molar-refractivity contribution >= 4 is 22.9 Å². The van der Waals surface area contributed by atoms with E-state index in [4.69, 9.17) is 22.1 Å². The molecular weight excluding hydrogens is 278 g/mol. The van der Waals surface area contributed by atoms with Crippen LogP contribution in [0, 0.1) is 0 Å². The number of nitrogens with two attached hydrogens (primary N) is 1. The summed E-state index contributed by atoms with van der Waals surface area (Å²) in [5.74, 6) is 0. The van der Waals surface area contributed by atoms with E-state index in [9.17, 15) is 0 Å². The van der Waals surface area contributed by atoms with Crippen molar-refractivity contribution in [1.29, 1.82) is 0 Å². The predicted molar refractivity (Wildman–Crippen MR) is 79.8 cm³/mol. The van der Waals surface area contributed by atoms with E-state index < -0.39 is 0 Å². The first-order valence-corrected chi connectivity index (χ1v) is 7.62. The maximum Gasteiger partial charge on any atom is 0.0982 e. The molecule has 0 saturated heterocycles. The molecule has 2 N–H and O–H groups in total. The zero-order chi connectivity index (χ0) is 13.2. The van der Waals surface area contributed by atoms with Crippen molar-refractivity contribution in [3.8, 4) is 0 Å². The van der Waals surface area contributed by atoms with Crippen LogP contribution in [-0.2, 0) is 17.6 Å². The van der Waals surface area contributed by atoms with Gasteiger partial charge in [-0.15, -0.1) is 11.3 Å². The molecule has 2 heterocycles. The summed E-state index contributed by atoms with van der Waals surface area (Å²) in [7, 11) is 0. The van der Waals surface area contributed by atoms with Gasteiger partial charge in [0, 0.05) is 10.9 Å². The summed E-state index contributed by atoms with van der Waals surface area (Å²) in [6, 6.07) is 12.4. The van der Waals surface area contributed by atoms with Gasteiger partial charge in [0.2, 0.25) is 0 Å². The van der Waals surface area contributed by atoms with Crippen LogP contribution in [0.25, 0.3) is 0 Å². The molecule has 0 radical (unpaired) electrons. The molecule has 19 heavy (non-hydrogen) atoms. The standard InChI is InChI=1S/C15H16ClNOS/c16-14-6-5-11(19-14)9-13(17)15-12-4-2-1-3-10(12)7-8-18-15/h1-6,13,15H,7-9,17H2. The number of hydrogen-bond acceptors (Lipinski definition) is 3. The molecule has 1 aliphatic rings. The first kappa shape index (κ1) is 13.1. The van der Waals surface area contributed by atoms with Crippen LogP contribution >= 0.6 is 22.9 Å². The van der Waals surface area contributed by atoms with Gasteiger partial charge in [-0.2, -0.15) is 0 Å². The highest BCUT2D eigenvalue weighted by Gasteiger charge is 2.26. The maximum absolute atomic E-state index is 6.34. The summed E-state index contributed by atoms with van der Waals surface area (Å²) in [4.78, 5) is 1.21. The van der Waals surface area contributed by atoms with Gasteiger partial charge in [0.25, 0.3) is 0 Å². The minimum Gasteiger partial charge on any atom is -0.372 e. The normalized spacial score (nSPS) is 20.0. The molecule has 2 atom stereocenters. The third kappa shape index (κ3) is 2.84. The van der Waals surface area contributed by atoms with Gasteiger partial charge in [0.1, 0.15) is 0 Å². The topological polar surface area (TPSA) is 35.2 Å². The average Bonchev–Trinajstić information content (AvgIpc) is 2.83. The van der Waals surface area contributed by atoms with Crippen LogP contribution < -0.4 is 5.73 Å². The second-order valence-electron chi connectivity index (χ2n) is 4.81. The highest BCUT2D eigenvalue weighted by molar-refractivity contribution is 7.16. The van der Waals surface area contributed by atoms with Crippen molar-refractivity contribution in [2.24, 2.45) is 5.73 Å². The van der Waals surface area contributed by atoms with Gasteiger partial charge in [-0.3, -0.25) is 0 Å². The highest BCUT2D eigenvalue weighted by Crippen LogP contribution is 2.31. The lowest BCUT2D eigenvalue weighted by atomic mass is 9.92. The van der Waals surface area contributed by atoms with E-state index in [1.807, 2.05) is 12.1 Å². The Bertz CT molecular complexity index is 569. The number of rotatable bonds is 3. The number of thiophene rings is 1. The summed E-state index contributed by atoms with van der Waals surface area (Å²) in [5, 5.41) is 0. The summed E-state index contributed by atoms with van der Waals surface area (Å²) in [6.45, 7) is 0.751. The molecule has 3 rings (SSSR count). The van der Waals surface area contributed by atoms with Crippen LogP contribution in [-0.4, -0.2) is 12.6 Å². The number of ether oxygens (including phenoxy) is 1. The van der Waals surface area contributed by atoms with Gasteiger partial charge >= 0.3 is 0 Å². The number of benzene rings is 1. The molecule has 1 aliphatic heterocycles.